The van der Waals surface area contributed by atoms with Crippen molar-refractivity contribution >= 4 is 22.5 Å². The summed E-state index contributed by atoms with van der Waals surface area (Å²) in [7, 11) is 0. The molecule has 16 heavy (non-hydrogen) atoms. The molecule has 0 atom stereocenters. The van der Waals surface area contributed by atoms with Crippen molar-refractivity contribution in [2.75, 3.05) is 6.26 Å². The summed E-state index contributed by atoms with van der Waals surface area (Å²) in [6.45, 7) is 5.59. The number of rotatable bonds is 3. The number of hydrogen-bond donors (Lipinski definition) is 0. The zero-order chi connectivity index (χ0) is 12.0. The van der Waals surface area contributed by atoms with E-state index in [4.69, 9.17) is 0 Å². The predicted molar refractivity (Wildman–Crippen MR) is 71.2 cm³/mol. The number of allylic oxidation sites excluding steroid dienone is 2. The molecule has 0 spiro atoms. The summed E-state index contributed by atoms with van der Waals surface area (Å²) >= 11 is 1.58. The lowest BCUT2D eigenvalue weighted by Gasteiger charge is -2.03. The molecule has 1 rings (SSSR count). The molecule has 0 heterocycles. The second kappa shape index (κ2) is 6.28. The Morgan fingerprint density at radius 3 is 2.50 bits per heavy atom. The van der Waals surface area contributed by atoms with Gasteiger partial charge in [-0.2, -0.15) is 0 Å². The highest BCUT2D eigenvalue weighted by Gasteiger charge is 2.00. The summed E-state index contributed by atoms with van der Waals surface area (Å²) in [6.07, 6.45) is 5.46. The lowest BCUT2D eigenvalue weighted by molar-refractivity contribution is 0.627. The van der Waals surface area contributed by atoms with Crippen LogP contribution in [0, 0.1) is 5.82 Å². The van der Waals surface area contributed by atoms with E-state index in [2.05, 4.69) is 11.6 Å². The van der Waals surface area contributed by atoms with Crippen molar-refractivity contribution in [3.8, 4) is 0 Å². The van der Waals surface area contributed by atoms with Crippen LogP contribution in [0.15, 0.2) is 48.0 Å². The second-order valence-corrected chi connectivity index (χ2v) is 4.13. The van der Waals surface area contributed by atoms with Crippen LogP contribution in [0.2, 0.25) is 0 Å². The summed E-state index contributed by atoms with van der Waals surface area (Å²) in [5, 5.41) is 0.956. The zero-order valence-electron chi connectivity index (χ0n) is 9.40. The Balaban J connectivity index is 3.08. The Hall–Kier alpha value is -1.35. The smallest absolute Gasteiger partial charge is 0.123 e. The fourth-order valence-electron chi connectivity index (χ4n) is 1.15. The average molecular weight is 235 g/mol. The highest BCUT2D eigenvalue weighted by molar-refractivity contribution is 8.13. The molecule has 0 radical (unpaired) electrons. The maximum absolute atomic E-state index is 12.8. The molecule has 0 aliphatic heterocycles. The van der Waals surface area contributed by atoms with Crippen LogP contribution in [-0.2, 0) is 0 Å². The fraction of sp³-hybridized carbons (Fsp3) is 0.154. The van der Waals surface area contributed by atoms with Gasteiger partial charge in [0.2, 0.25) is 0 Å². The van der Waals surface area contributed by atoms with Crippen LogP contribution in [0.5, 0.6) is 0 Å². The zero-order valence-corrected chi connectivity index (χ0v) is 10.2. The van der Waals surface area contributed by atoms with Gasteiger partial charge in [-0.15, -0.1) is 11.8 Å². The van der Waals surface area contributed by atoms with Gasteiger partial charge in [0.1, 0.15) is 5.82 Å². The van der Waals surface area contributed by atoms with Crippen molar-refractivity contribution in [1.82, 2.24) is 0 Å². The topological polar surface area (TPSA) is 12.4 Å². The number of halogens is 1. The Kier molecular flexibility index (Phi) is 4.99. The summed E-state index contributed by atoms with van der Waals surface area (Å²) in [4.78, 5) is 4.43. The standard InChI is InChI=1S/C13H14FNS/c1-4-5-13(15-10(2)16-3)11-6-8-12(14)9-7-11/h4-9H,1H2,2-3H3/b13-5+,15-10?. The molecular formula is C13H14FNS. The van der Waals surface area contributed by atoms with Gasteiger partial charge in [0.05, 0.1) is 10.7 Å². The van der Waals surface area contributed by atoms with Crippen molar-refractivity contribution in [3.05, 3.63) is 54.4 Å². The third kappa shape index (κ3) is 3.66. The molecule has 0 fully saturated rings. The first-order valence-corrected chi connectivity index (χ1v) is 6.07. The molecule has 0 aromatic heterocycles. The van der Waals surface area contributed by atoms with Crippen LogP contribution in [0.3, 0.4) is 0 Å². The Morgan fingerprint density at radius 1 is 1.38 bits per heavy atom. The van der Waals surface area contributed by atoms with Crippen LogP contribution in [0.25, 0.3) is 5.70 Å². The van der Waals surface area contributed by atoms with Gasteiger partial charge < -0.3 is 0 Å². The molecule has 0 bridgehead atoms. The summed E-state index contributed by atoms with van der Waals surface area (Å²) in [5.74, 6) is -0.243. The molecule has 0 saturated heterocycles. The van der Waals surface area contributed by atoms with Crippen molar-refractivity contribution < 1.29 is 4.39 Å². The van der Waals surface area contributed by atoms with Crippen molar-refractivity contribution in [3.63, 3.8) is 0 Å². The predicted octanol–water partition coefficient (Wildman–Crippen LogP) is 4.13. The third-order valence-electron chi connectivity index (χ3n) is 1.99. The van der Waals surface area contributed by atoms with Crippen molar-refractivity contribution in [1.29, 1.82) is 0 Å². The van der Waals surface area contributed by atoms with Gasteiger partial charge in [0, 0.05) is 5.56 Å². The number of benzene rings is 1. The maximum Gasteiger partial charge on any atom is 0.123 e. The van der Waals surface area contributed by atoms with E-state index in [1.165, 1.54) is 12.1 Å². The largest absolute Gasteiger partial charge is 0.246 e. The molecule has 1 nitrogen and oxygen atoms in total. The number of nitrogens with zero attached hydrogens (tertiary/aromatic N) is 1. The van der Waals surface area contributed by atoms with Gasteiger partial charge in [0.25, 0.3) is 0 Å². The summed E-state index contributed by atoms with van der Waals surface area (Å²) in [5.41, 5.74) is 1.68. The molecule has 3 heteroatoms. The monoisotopic (exact) mass is 235 g/mol. The quantitative estimate of drug-likeness (QED) is 0.436. The van der Waals surface area contributed by atoms with Gasteiger partial charge in [0.15, 0.2) is 0 Å². The normalized spacial score (nSPS) is 12.7. The van der Waals surface area contributed by atoms with Crippen molar-refractivity contribution in [2.24, 2.45) is 4.99 Å². The van der Waals surface area contributed by atoms with E-state index in [1.807, 2.05) is 19.3 Å². The first-order valence-electron chi connectivity index (χ1n) is 4.85. The van der Waals surface area contributed by atoms with Gasteiger partial charge in [-0.1, -0.05) is 12.7 Å². The van der Waals surface area contributed by atoms with E-state index in [0.717, 1.165) is 16.3 Å². The highest BCUT2D eigenvalue weighted by atomic mass is 32.2. The van der Waals surface area contributed by atoms with E-state index in [9.17, 15) is 4.39 Å². The van der Waals surface area contributed by atoms with Gasteiger partial charge in [-0.3, -0.25) is 0 Å². The van der Waals surface area contributed by atoms with Gasteiger partial charge in [-0.25, -0.2) is 9.38 Å². The minimum absolute atomic E-state index is 0.243. The SMILES string of the molecule is C=C/C=C(/N=C(C)SC)c1ccc(F)cc1. The molecule has 0 saturated carbocycles. The van der Waals surface area contributed by atoms with Crippen LogP contribution in [0.4, 0.5) is 4.39 Å². The molecular weight excluding hydrogens is 221 g/mol. The van der Waals surface area contributed by atoms with Crippen LogP contribution >= 0.6 is 11.8 Å². The minimum atomic E-state index is -0.243. The lowest BCUT2D eigenvalue weighted by Crippen LogP contribution is -1.87. The van der Waals surface area contributed by atoms with Crippen LogP contribution < -0.4 is 0 Å². The van der Waals surface area contributed by atoms with E-state index in [0.29, 0.717) is 0 Å². The molecule has 84 valence electrons. The summed E-state index contributed by atoms with van der Waals surface area (Å²) in [6, 6.07) is 6.27. The van der Waals surface area contributed by atoms with E-state index < -0.39 is 0 Å². The Morgan fingerprint density at radius 2 is 2.00 bits per heavy atom. The first-order chi connectivity index (χ1) is 7.67. The molecule has 0 N–H and O–H groups in total. The number of thioether (sulfide) groups is 1. The summed E-state index contributed by atoms with van der Waals surface area (Å²) < 4.78 is 12.8. The molecule has 0 amide bonds. The lowest BCUT2D eigenvalue weighted by atomic mass is 10.1. The highest BCUT2D eigenvalue weighted by Crippen LogP contribution is 2.18. The molecule has 0 aliphatic rings. The van der Waals surface area contributed by atoms with E-state index in [1.54, 1.807) is 30.0 Å². The van der Waals surface area contributed by atoms with E-state index in [-0.39, 0.29) is 5.82 Å². The third-order valence-corrected chi connectivity index (χ3v) is 2.67. The van der Waals surface area contributed by atoms with Crippen LogP contribution in [-0.4, -0.2) is 11.3 Å². The molecule has 1 aromatic rings. The Bertz CT molecular complexity index is 418. The maximum atomic E-state index is 12.8. The van der Waals surface area contributed by atoms with E-state index >= 15 is 0 Å². The van der Waals surface area contributed by atoms with Crippen LogP contribution in [0.1, 0.15) is 12.5 Å². The average Bonchev–Trinajstić information content (AvgIpc) is 2.29. The first kappa shape index (κ1) is 12.7. The number of aliphatic imine (C=N–C) groups is 1. The fourth-order valence-corrected chi connectivity index (χ4v) is 1.34. The Labute approximate surface area is 99.8 Å². The second-order valence-electron chi connectivity index (χ2n) is 3.13. The molecule has 0 unspecified atom stereocenters. The minimum Gasteiger partial charge on any atom is -0.246 e. The molecule has 1 aromatic carbocycles. The van der Waals surface area contributed by atoms with Gasteiger partial charge >= 0.3 is 0 Å². The number of hydrogen-bond acceptors (Lipinski definition) is 2. The van der Waals surface area contributed by atoms with Crippen molar-refractivity contribution in [2.45, 2.75) is 6.92 Å². The molecule has 0 aliphatic carbocycles. The van der Waals surface area contributed by atoms with Gasteiger partial charge in [-0.05, 0) is 43.5 Å².